The topological polar surface area (TPSA) is 49.4 Å². The van der Waals surface area contributed by atoms with Crippen molar-refractivity contribution in [3.63, 3.8) is 0 Å². The van der Waals surface area contributed by atoms with Gasteiger partial charge in [-0.3, -0.25) is 14.5 Å². The SMILES string of the molecule is O=C(c1ccc(F)cc1)C1CCN(C2Sc3ccccc3NC2=O)CC1. The van der Waals surface area contributed by atoms with Crippen molar-refractivity contribution >= 4 is 29.1 Å². The van der Waals surface area contributed by atoms with Gasteiger partial charge < -0.3 is 5.32 Å². The molecule has 1 N–H and O–H groups in total. The molecule has 0 saturated carbocycles. The number of hydrogen-bond acceptors (Lipinski definition) is 4. The summed E-state index contributed by atoms with van der Waals surface area (Å²) < 4.78 is 13.0. The number of thioether (sulfide) groups is 1. The molecule has 2 aromatic rings. The lowest BCUT2D eigenvalue weighted by molar-refractivity contribution is -0.118. The number of nitrogens with zero attached hydrogens (tertiary/aromatic N) is 1. The molecule has 1 fully saturated rings. The van der Waals surface area contributed by atoms with Crippen LogP contribution in [0, 0.1) is 11.7 Å². The summed E-state index contributed by atoms with van der Waals surface area (Å²) in [4.78, 5) is 28.3. The van der Waals surface area contributed by atoms with Crippen LogP contribution in [-0.2, 0) is 4.79 Å². The van der Waals surface area contributed by atoms with Gasteiger partial charge in [0.05, 0.1) is 5.69 Å². The van der Waals surface area contributed by atoms with E-state index in [9.17, 15) is 14.0 Å². The fourth-order valence-electron chi connectivity index (χ4n) is 3.53. The maximum Gasteiger partial charge on any atom is 0.252 e. The predicted molar refractivity (Wildman–Crippen MR) is 99.7 cm³/mol. The maximum absolute atomic E-state index is 13.0. The Balaban J connectivity index is 1.40. The third-order valence-corrected chi connectivity index (χ3v) is 6.31. The van der Waals surface area contributed by atoms with E-state index in [1.807, 2.05) is 24.3 Å². The quantitative estimate of drug-likeness (QED) is 0.835. The Morgan fingerprint density at radius 2 is 1.77 bits per heavy atom. The van der Waals surface area contributed by atoms with E-state index >= 15 is 0 Å². The van der Waals surface area contributed by atoms with Crippen LogP contribution >= 0.6 is 11.8 Å². The van der Waals surface area contributed by atoms with Crippen molar-refractivity contribution in [2.24, 2.45) is 5.92 Å². The van der Waals surface area contributed by atoms with Crippen molar-refractivity contribution in [1.29, 1.82) is 0 Å². The Kier molecular flexibility index (Phi) is 4.78. The van der Waals surface area contributed by atoms with Gasteiger partial charge in [-0.15, -0.1) is 0 Å². The number of rotatable bonds is 3. The van der Waals surface area contributed by atoms with Crippen LogP contribution in [0.2, 0.25) is 0 Å². The van der Waals surface area contributed by atoms with Crippen molar-refractivity contribution in [2.45, 2.75) is 23.1 Å². The molecule has 4 nitrogen and oxygen atoms in total. The summed E-state index contributed by atoms with van der Waals surface area (Å²) in [5, 5.41) is 2.71. The first-order valence-electron chi connectivity index (χ1n) is 8.72. The molecule has 0 aromatic heterocycles. The van der Waals surface area contributed by atoms with E-state index in [2.05, 4.69) is 10.2 Å². The molecule has 1 amide bonds. The summed E-state index contributed by atoms with van der Waals surface area (Å²) in [5.74, 6) is -0.342. The molecule has 1 atom stereocenters. The van der Waals surface area contributed by atoms with Crippen LogP contribution < -0.4 is 5.32 Å². The van der Waals surface area contributed by atoms with E-state index in [4.69, 9.17) is 0 Å². The van der Waals surface area contributed by atoms with Crippen molar-refractivity contribution < 1.29 is 14.0 Å². The Morgan fingerprint density at radius 3 is 2.50 bits per heavy atom. The second-order valence-electron chi connectivity index (χ2n) is 6.64. The summed E-state index contributed by atoms with van der Waals surface area (Å²) in [6.07, 6.45) is 1.42. The normalized spacial score (nSPS) is 21.1. The van der Waals surface area contributed by atoms with Crippen LogP contribution in [0.15, 0.2) is 53.4 Å². The fraction of sp³-hybridized carbons (Fsp3) is 0.300. The third-order valence-electron chi connectivity index (χ3n) is 4.97. The summed E-state index contributed by atoms with van der Waals surface area (Å²) >= 11 is 1.57. The van der Waals surface area contributed by atoms with E-state index in [1.54, 1.807) is 23.9 Å². The van der Waals surface area contributed by atoms with Gasteiger partial charge in [0.1, 0.15) is 11.2 Å². The first-order valence-corrected chi connectivity index (χ1v) is 9.60. The summed E-state index contributed by atoms with van der Waals surface area (Å²) in [5.41, 5.74) is 1.42. The molecule has 26 heavy (non-hydrogen) atoms. The highest BCUT2D eigenvalue weighted by molar-refractivity contribution is 8.00. The van der Waals surface area contributed by atoms with Gasteiger partial charge in [0, 0.05) is 29.5 Å². The number of carbonyl (C=O) groups excluding carboxylic acids is 2. The summed E-state index contributed by atoms with van der Waals surface area (Å²) in [6, 6.07) is 13.5. The largest absolute Gasteiger partial charge is 0.323 e. The molecule has 0 spiro atoms. The second kappa shape index (κ2) is 7.21. The van der Waals surface area contributed by atoms with Crippen LogP contribution in [0.4, 0.5) is 10.1 Å². The maximum atomic E-state index is 13.0. The second-order valence-corrected chi connectivity index (χ2v) is 7.76. The average molecular weight is 370 g/mol. The molecule has 6 heteroatoms. The number of halogens is 1. The van der Waals surface area contributed by atoms with Gasteiger partial charge in [-0.1, -0.05) is 23.9 Å². The zero-order chi connectivity index (χ0) is 18.1. The van der Waals surface area contributed by atoms with Crippen LogP contribution in [-0.4, -0.2) is 35.1 Å². The minimum Gasteiger partial charge on any atom is -0.323 e. The minimum absolute atomic E-state index is 0.00277. The highest BCUT2D eigenvalue weighted by atomic mass is 32.2. The number of amides is 1. The lowest BCUT2D eigenvalue weighted by Gasteiger charge is -2.37. The molecule has 0 radical (unpaired) electrons. The van der Waals surface area contributed by atoms with E-state index in [0.717, 1.165) is 10.6 Å². The van der Waals surface area contributed by atoms with Crippen LogP contribution in [0.3, 0.4) is 0 Å². The summed E-state index contributed by atoms with van der Waals surface area (Å²) in [6.45, 7) is 1.40. The van der Waals surface area contributed by atoms with Gasteiger partial charge in [-0.2, -0.15) is 0 Å². The lowest BCUT2D eigenvalue weighted by Crippen LogP contribution is -2.48. The van der Waals surface area contributed by atoms with E-state index in [-0.39, 0.29) is 28.8 Å². The smallest absolute Gasteiger partial charge is 0.252 e. The highest BCUT2D eigenvalue weighted by Gasteiger charge is 2.35. The Bertz CT molecular complexity index is 832. The van der Waals surface area contributed by atoms with Crippen LogP contribution in [0.25, 0.3) is 0 Å². The first kappa shape index (κ1) is 17.2. The zero-order valence-electron chi connectivity index (χ0n) is 14.2. The lowest BCUT2D eigenvalue weighted by atomic mass is 9.89. The Morgan fingerprint density at radius 1 is 1.08 bits per heavy atom. The molecule has 1 saturated heterocycles. The van der Waals surface area contributed by atoms with Gasteiger partial charge in [0.15, 0.2) is 5.78 Å². The number of fused-ring (bicyclic) bond motifs is 1. The molecule has 4 rings (SSSR count). The molecule has 2 aliphatic rings. The molecule has 2 aromatic carbocycles. The first-order chi connectivity index (χ1) is 12.6. The number of nitrogens with one attached hydrogen (secondary N) is 1. The van der Waals surface area contributed by atoms with Crippen molar-refractivity contribution in [3.8, 4) is 0 Å². The molecule has 0 bridgehead atoms. The minimum atomic E-state index is -0.336. The van der Waals surface area contributed by atoms with Crippen molar-refractivity contribution in [3.05, 3.63) is 59.9 Å². The molecule has 0 aliphatic carbocycles. The standard InChI is InChI=1S/C20H19FN2O2S/c21-15-7-5-13(6-8-15)18(24)14-9-11-23(12-10-14)20-19(25)22-16-3-1-2-4-17(16)26-20/h1-8,14,20H,9-12H2,(H,22,25). The molecular weight excluding hydrogens is 351 g/mol. The number of para-hydroxylation sites is 1. The average Bonchev–Trinajstić information content (AvgIpc) is 2.68. The molecule has 2 aliphatic heterocycles. The van der Waals surface area contributed by atoms with Crippen molar-refractivity contribution in [2.75, 3.05) is 18.4 Å². The number of ketones is 1. The zero-order valence-corrected chi connectivity index (χ0v) is 15.0. The molecule has 134 valence electrons. The Labute approximate surface area is 155 Å². The molecular formula is C20H19FN2O2S. The number of anilines is 1. The van der Waals surface area contributed by atoms with E-state index in [0.29, 0.717) is 31.5 Å². The number of carbonyl (C=O) groups is 2. The fourth-order valence-corrected chi connectivity index (χ4v) is 4.70. The van der Waals surface area contributed by atoms with Gasteiger partial charge in [-0.25, -0.2) is 4.39 Å². The van der Waals surface area contributed by atoms with E-state index < -0.39 is 0 Å². The van der Waals surface area contributed by atoms with Gasteiger partial charge in [0.2, 0.25) is 0 Å². The van der Waals surface area contributed by atoms with Gasteiger partial charge in [0.25, 0.3) is 5.91 Å². The number of piperidine rings is 1. The number of Topliss-reactive ketones (excluding diaryl/α,β-unsaturated/α-hetero) is 1. The predicted octanol–water partition coefficient (Wildman–Crippen LogP) is 3.79. The highest BCUT2D eigenvalue weighted by Crippen LogP contribution is 2.38. The van der Waals surface area contributed by atoms with E-state index in [1.165, 1.54) is 12.1 Å². The number of benzene rings is 2. The van der Waals surface area contributed by atoms with Crippen molar-refractivity contribution in [1.82, 2.24) is 4.90 Å². The summed E-state index contributed by atoms with van der Waals surface area (Å²) in [7, 11) is 0. The number of likely N-dealkylation sites (tertiary alicyclic amines) is 1. The third kappa shape index (κ3) is 3.39. The monoisotopic (exact) mass is 370 g/mol. The molecule has 1 unspecified atom stereocenters. The number of hydrogen-bond donors (Lipinski definition) is 1. The van der Waals surface area contributed by atoms with Gasteiger partial charge in [-0.05, 0) is 49.2 Å². The van der Waals surface area contributed by atoms with Crippen LogP contribution in [0.5, 0.6) is 0 Å². The van der Waals surface area contributed by atoms with Crippen LogP contribution in [0.1, 0.15) is 23.2 Å². The Hall–Kier alpha value is -2.18. The van der Waals surface area contributed by atoms with Gasteiger partial charge >= 0.3 is 0 Å². The molecule has 2 heterocycles.